The van der Waals surface area contributed by atoms with Gasteiger partial charge in [0.25, 0.3) is 0 Å². The predicted molar refractivity (Wildman–Crippen MR) is 119 cm³/mol. The predicted octanol–water partition coefficient (Wildman–Crippen LogP) is 7.60. The minimum absolute atomic E-state index is 0.832. The van der Waals surface area contributed by atoms with Crippen molar-refractivity contribution in [3.8, 4) is 17.0 Å². The van der Waals surface area contributed by atoms with Gasteiger partial charge in [-0.25, -0.2) is 0 Å². The molecule has 0 unspecified atom stereocenters. The van der Waals surface area contributed by atoms with Gasteiger partial charge < -0.3 is 4.74 Å². The minimum Gasteiger partial charge on any atom is -0.494 e. The van der Waals surface area contributed by atoms with Crippen LogP contribution in [-0.4, -0.2) is 11.6 Å². The Bertz CT molecular complexity index is 669. The van der Waals surface area contributed by atoms with Crippen LogP contribution in [0.2, 0.25) is 0 Å². The van der Waals surface area contributed by atoms with E-state index >= 15 is 0 Å². The van der Waals surface area contributed by atoms with Crippen molar-refractivity contribution in [3.05, 3.63) is 48.2 Å². The van der Waals surface area contributed by atoms with Gasteiger partial charge in [0.15, 0.2) is 0 Å². The summed E-state index contributed by atoms with van der Waals surface area (Å²) in [6.45, 7) is 5.19. The molecule has 1 aromatic heterocycles. The Morgan fingerprint density at radius 2 is 1.54 bits per heavy atom. The summed E-state index contributed by atoms with van der Waals surface area (Å²) in [4.78, 5) is 4.49. The van der Waals surface area contributed by atoms with E-state index < -0.39 is 0 Å². The molecule has 1 aliphatic rings. The third kappa shape index (κ3) is 6.65. The molecule has 0 spiro atoms. The number of nitrogens with zero attached hydrogens (tertiary/aromatic N) is 1. The first-order chi connectivity index (χ1) is 13.7. The molecule has 1 aliphatic carbocycles. The lowest BCUT2D eigenvalue weighted by molar-refractivity contribution is 0.228. The van der Waals surface area contributed by atoms with Crippen LogP contribution >= 0.6 is 0 Å². The Morgan fingerprint density at radius 1 is 0.857 bits per heavy atom. The van der Waals surface area contributed by atoms with Crippen molar-refractivity contribution >= 4 is 0 Å². The lowest BCUT2D eigenvalue weighted by atomic mass is 9.78. The third-order valence-corrected chi connectivity index (χ3v) is 6.27. The van der Waals surface area contributed by atoms with Crippen molar-refractivity contribution in [2.24, 2.45) is 11.8 Å². The summed E-state index contributed by atoms with van der Waals surface area (Å²) in [5.74, 6) is 2.91. The largest absolute Gasteiger partial charge is 0.494 e. The number of aromatic nitrogens is 1. The van der Waals surface area contributed by atoms with E-state index in [4.69, 9.17) is 4.74 Å². The van der Waals surface area contributed by atoms with Crippen molar-refractivity contribution in [2.75, 3.05) is 6.61 Å². The summed E-state index contributed by atoms with van der Waals surface area (Å²) >= 11 is 0. The van der Waals surface area contributed by atoms with Crippen LogP contribution < -0.4 is 4.74 Å². The molecule has 1 aromatic carbocycles. The van der Waals surface area contributed by atoms with E-state index in [0.29, 0.717) is 0 Å². The van der Waals surface area contributed by atoms with Gasteiger partial charge in [-0.2, -0.15) is 0 Å². The molecule has 0 saturated heterocycles. The van der Waals surface area contributed by atoms with Gasteiger partial charge in [-0.3, -0.25) is 4.98 Å². The van der Waals surface area contributed by atoms with E-state index in [2.05, 4.69) is 55.2 Å². The highest BCUT2D eigenvalue weighted by Gasteiger charge is 2.20. The van der Waals surface area contributed by atoms with Crippen LogP contribution in [-0.2, 0) is 0 Å². The molecule has 0 amide bonds. The number of pyridine rings is 1. The fourth-order valence-corrected chi connectivity index (χ4v) is 4.41. The molecule has 0 aliphatic heterocycles. The average molecular weight is 380 g/mol. The van der Waals surface area contributed by atoms with Crippen LogP contribution in [0.25, 0.3) is 11.3 Å². The highest BCUT2D eigenvalue weighted by atomic mass is 16.5. The van der Waals surface area contributed by atoms with Crippen molar-refractivity contribution in [1.29, 1.82) is 0 Å². The summed E-state index contributed by atoms with van der Waals surface area (Å²) < 4.78 is 5.97. The summed E-state index contributed by atoms with van der Waals surface area (Å²) in [5.41, 5.74) is 3.35. The van der Waals surface area contributed by atoms with Crippen molar-refractivity contribution < 1.29 is 4.74 Å². The average Bonchev–Trinajstić information content (AvgIpc) is 2.73. The fraction of sp³-hybridized carbons (Fsp3) is 0.577. The van der Waals surface area contributed by atoms with Crippen LogP contribution in [0.3, 0.4) is 0 Å². The first-order valence-electron chi connectivity index (χ1n) is 11.4. The molecule has 2 aromatic rings. The second-order valence-corrected chi connectivity index (χ2v) is 8.62. The summed E-state index contributed by atoms with van der Waals surface area (Å²) in [6.07, 6.45) is 15.9. The number of hydrogen-bond acceptors (Lipinski definition) is 2. The molecule has 152 valence electrons. The van der Waals surface area contributed by atoms with Crippen molar-refractivity contribution in [2.45, 2.75) is 78.1 Å². The number of benzene rings is 1. The number of hydrogen-bond donors (Lipinski definition) is 0. The quantitative estimate of drug-likeness (QED) is 0.396. The molecule has 1 saturated carbocycles. The van der Waals surface area contributed by atoms with Gasteiger partial charge in [0.1, 0.15) is 5.75 Å². The Labute approximate surface area is 171 Å². The standard InChI is InChI=1S/C26H37NO/c1-3-4-5-7-22-10-12-23(13-11-22)8-6-19-28-25-16-14-24(15-17-25)26-18-9-21(2)20-27-26/h9,14-18,20,22-23H,3-8,10-13,19H2,1-2H3. The Hall–Kier alpha value is -1.83. The van der Waals surface area contributed by atoms with Crippen LogP contribution in [0.1, 0.15) is 76.7 Å². The first kappa shape index (κ1) is 20.9. The van der Waals surface area contributed by atoms with Gasteiger partial charge in [0.2, 0.25) is 0 Å². The molecule has 0 atom stereocenters. The maximum atomic E-state index is 5.97. The molecule has 2 nitrogen and oxygen atoms in total. The normalized spacial score (nSPS) is 19.5. The molecule has 28 heavy (non-hydrogen) atoms. The number of unbranched alkanes of at least 4 members (excludes halogenated alkanes) is 2. The van der Waals surface area contributed by atoms with E-state index in [0.717, 1.165) is 35.4 Å². The number of aryl methyl sites for hydroxylation is 1. The third-order valence-electron chi connectivity index (χ3n) is 6.27. The highest BCUT2D eigenvalue weighted by molar-refractivity contribution is 5.60. The number of ether oxygens (including phenoxy) is 1. The highest BCUT2D eigenvalue weighted by Crippen LogP contribution is 2.34. The van der Waals surface area contributed by atoms with Gasteiger partial charge in [-0.05, 0) is 67.5 Å². The minimum atomic E-state index is 0.832. The van der Waals surface area contributed by atoms with E-state index in [1.54, 1.807) is 0 Å². The van der Waals surface area contributed by atoms with Gasteiger partial charge in [-0.15, -0.1) is 0 Å². The van der Waals surface area contributed by atoms with Gasteiger partial charge in [0.05, 0.1) is 12.3 Å². The fourth-order valence-electron chi connectivity index (χ4n) is 4.41. The van der Waals surface area contributed by atoms with E-state index in [1.807, 2.05) is 6.20 Å². The monoisotopic (exact) mass is 379 g/mol. The maximum Gasteiger partial charge on any atom is 0.119 e. The molecule has 0 radical (unpaired) electrons. The second kappa shape index (κ2) is 11.2. The Kier molecular flexibility index (Phi) is 8.39. The van der Waals surface area contributed by atoms with Crippen LogP contribution in [0.15, 0.2) is 42.6 Å². The molecule has 2 heteroatoms. The molecular weight excluding hydrogens is 342 g/mol. The zero-order valence-electron chi connectivity index (χ0n) is 17.8. The molecule has 0 bridgehead atoms. The zero-order chi connectivity index (χ0) is 19.6. The van der Waals surface area contributed by atoms with Gasteiger partial charge in [-0.1, -0.05) is 64.4 Å². The van der Waals surface area contributed by atoms with Crippen molar-refractivity contribution in [3.63, 3.8) is 0 Å². The first-order valence-corrected chi connectivity index (χ1v) is 11.4. The van der Waals surface area contributed by atoms with Gasteiger partial charge >= 0.3 is 0 Å². The Morgan fingerprint density at radius 3 is 2.14 bits per heavy atom. The van der Waals surface area contributed by atoms with Crippen LogP contribution in [0.5, 0.6) is 5.75 Å². The summed E-state index contributed by atoms with van der Waals surface area (Å²) in [7, 11) is 0. The second-order valence-electron chi connectivity index (χ2n) is 8.62. The summed E-state index contributed by atoms with van der Waals surface area (Å²) in [5, 5.41) is 0. The Balaban J connectivity index is 1.32. The van der Waals surface area contributed by atoms with Crippen LogP contribution in [0, 0.1) is 18.8 Å². The van der Waals surface area contributed by atoms with E-state index in [-0.39, 0.29) is 0 Å². The molecule has 1 fully saturated rings. The number of rotatable bonds is 10. The lowest BCUT2D eigenvalue weighted by Crippen LogP contribution is -2.15. The molecule has 3 rings (SSSR count). The molecular formula is C26H37NO. The molecule has 0 N–H and O–H groups in total. The maximum absolute atomic E-state index is 5.97. The van der Waals surface area contributed by atoms with Crippen molar-refractivity contribution in [1.82, 2.24) is 4.98 Å². The van der Waals surface area contributed by atoms with E-state index in [1.165, 1.54) is 69.8 Å². The van der Waals surface area contributed by atoms with E-state index in [9.17, 15) is 0 Å². The smallest absolute Gasteiger partial charge is 0.119 e. The zero-order valence-corrected chi connectivity index (χ0v) is 17.8. The lowest BCUT2D eigenvalue weighted by Gasteiger charge is -2.28. The summed E-state index contributed by atoms with van der Waals surface area (Å²) in [6, 6.07) is 12.5. The molecule has 1 heterocycles. The van der Waals surface area contributed by atoms with Crippen LogP contribution in [0.4, 0.5) is 0 Å². The van der Waals surface area contributed by atoms with Gasteiger partial charge in [0, 0.05) is 11.8 Å². The SMILES string of the molecule is CCCCCC1CCC(CCCOc2ccc(-c3ccc(C)cn3)cc2)CC1. The topological polar surface area (TPSA) is 22.1 Å².